The summed E-state index contributed by atoms with van der Waals surface area (Å²) in [5.41, 5.74) is -0.414. The Morgan fingerprint density at radius 2 is 2.26 bits per heavy atom. The molecule has 112 valence electrons. The number of esters is 1. The molecule has 1 rings (SSSR count). The van der Waals surface area contributed by atoms with Gasteiger partial charge in [-0.15, -0.1) is 0 Å². The Kier molecular flexibility index (Phi) is 7.22. The Morgan fingerprint density at radius 3 is 2.84 bits per heavy atom. The third-order valence-corrected chi connectivity index (χ3v) is 5.12. The van der Waals surface area contributed by atoms with Gasteiger partial charge in [0.05, 0.1) is 7.11 Å². The van der Waals surface area contributed by atoms with Crippen LogP contribution >= 0.6 is 11.8 Å². The van der Waals surface area contributed by atoms with Crippen molar-refractivity contribution in [3.05, 3.63) is 0 Å². The van der Waals surface area contributed by atoms with Crippen molar-refractivity contribution in [1.82, 2.24) is 5.32 Å². The third kappa shape index (κ3) is 4.38. The molecular weight excluding hydrogens is 258 g/mol. The average molecular weight is 287 g/mol. The first-order valence-corrected chi connectivity index (χ1v) is 8.56. The Labute approximate surface area is 122 Å². The lowest BCUT2D eigenvalue weighted by atomic mass is 9.85. The van der Waals surface area contributed by atoms with Gasteiger partial charge in [0, 0.05) is 0 Å². The predicted molar refractivity (Wildman–Crippen MR) is 82.6 cm³/mol. The predicted octanol–water partition coefficient (Wildman–Crippen LogP) is 3.23. The van der Waals surface area contributed by atoms with E-state index < -0.39 is 5.54 Å². The van der Waals surface area contributed by atoms with Crippen LogP contribution in [0.25, 0.3) is 0 Å². The summed E-state index contributed by atoms with van der Waals surface area (Å²) < 4.78 is 5.08. The maximum absolute atomic E-state index is 12.3. The molecule has 0 amide bonds. The molecule has 0 spiro atoms. The third-order valence-electron chi connectivity index (χ3n) is 3.98. The van der Waals surface area contributed by atoms with Crippen LogP contribution in [-0.2, 0) is 9.53 Å². The van der Waals surface area contributed by atoms with E-state index in [-0.39, 0.29) is 5.97 Å². The van der Waals surface area contributed by atoms with Crippen LogP contribution in [0.1, 0.15) is 52.9 Å². The molecule has 3 nitrogen and oxygen atoms in total. The summed E-state index contributed by atoms with van der Waals surface area (Å²) >= 11 is 1.98. The number of methoxy groups -OCH3 is 1. The van der Waals surface area contributed by atoms with Gasteiger partial charge in [-0.05, 0) is 49.1 Å². The highest BCUT2D eigenvalue weighted by Gasteiger charge is 2.48. The fraction of sp³-hybridized carbons (Fsp3) is 0.933. The summed E-state index contributed by atoms with van der Waals surface area (Å²) in [6, 6.07) is 0. The maximum Gasteiger partial charge on any atom is 0.326 e. The molecule has 0 saturated heterocycles. The summed E-state index contributed by atoms with van der Waals surface area (Å²) in [4.78, 5) is 12.3. The van der Waals surface area contributed by atoms with E-state index in [4.69, 9.17) is 4.74 Å². The number of carbonyl (C=O) groups is 1. The number of thioether (sulfide) groups is 1. The quantitative estimate of drug-likeness (QED) is 0.696. The van der Waals surface area contributed by atoms with Crippen molar-refractivity contribution in [2.45, 2.75) is 63.7 Å². The average Bonchev–Trinajstić information content (AvgIpc) is 2.79. The second kappa shape index (κ2) is 8.15. The molecule has 0 radical (unpaired) electrons. The Hall–Kier alpha value is -0.220. The van der Waals surface area contributed by atoms with Crippen molar-refractivity contribution >= 4 is 17.7 Å². The zero-order valence-electron chi connectivity index (χ0n) is 12.8. The first-order chi connectivity index (χ1) is 9.06. The van der Waals surface area contributed by atoms with Gasteiger partial charge in [0.2, 0.25) is 0 Å². The van der Waals surface area contributed by atoms with E-state index in [1.54, 1.807) is 0 Å². The molecule has 1 aliphatic rings. The van der Waals surface area contributed by atoms with Gasteiger partial charge in [0.25, 0.3) is 0 Å². The van der Waals surface area contributed by atoms with E-state index in [1.165, 1.54) is 7.11 Å². The second-order valence-electron chi connectivity index (χ2n) is 5.69. The van der Waals surface area contributed by atoms with Crippen LogP contribution in [-0.4, -0.2) is 36.2 Å². The first kappa shape index (κ1) is 16.8. The van der Waals surface area contributed by atoms with E-state index in [9.17, 15) is 4.79 Å². The highest BCUT2D eigenvalue weighted by molar-refractivity contribution is 7.99. The van der Waals surface area contributed by atoms with Gasteiger partial charge in [-0.2, -0.15) is 11.8 Å². The largest absolute Gasteiger partial charge is 0.468 e. The zero-order valence-corrected chi connectivity index (χ0v) is 13.6. The van der Waals surface area contributed by atoms with Crippen LogP contribution in [0.3, 0.4) is 0 Å². The van der Waals surface area contributed by atoms with Crippen molar-refractivity contribution in [3.8, 4) is 0 Å². The Bertz CT molecular complexity index is 283. The maximum atomic E-state index is 12.3. The molecule has 4 heteroatoms. The summed E-state index contributed by atoms with van der Waals surface area (Å²) in [5, 5.41) is 4.16. The van der Waals surface area contributed by atoms with Crippen LogP contribution in [0, 0.1) is 5.92 Å². The van der Waals surface area contributed by atoms with Crippen molar-refractivity contribution in [3.63, 3.8) is 0 Å². The molecule has 1 fully saturated rings. The van der Waals surface area contributed by atoms with E-state index in [2.05, 4.69) is 26.1 Å². The van der Waals surface area contributed by atoms with Crippen molar-refractivity contribution < 1.29 is 9.53 Å². The summed E-state index contributed by atoms with van der Waals surface area (Å²) in [7, 11) is 1.51. The fourth-order valence-electron chi connectivity index (χ4n) is 3.02. The lowest BCUT2D eigenvalue weighted by molar-refractivity contribution is -0.150. The van der Waals surface area contributed by atoms with Crippen LogP contribution in [0.15, 0.2) is 0 Å². The van der Waals surface area contributed by atoms with Crippen LogP contribution in [0.2, 0.25) is 0 Å². The molecule has 0 aliphatic heterocycles. The topological polar surface area (TPSA) is 38.3 Å². The van der Waals surface area contributed by atoms with Crippen molar-refractivity contribution in [1.29, 1.82) is 0 Å². The molecule has 2 atom stereocenters. The highest BCUT2D eigenvalue weighted by atomic mass is 32.2. The van der Waals surface area contributed by atoms with Gasteiger partial charge in [-0.1, -0.05) is 27.2 Å². The minimum Gasteiger partial charge on any atom is -0.468 e. The number of hydrogen-bond acceptors (Lipinski definition) is 4. The number of hydrogen-bond donors (Lipinski definition) is 1. The molecular formula is C15H29NO2S. The molecule has 19 heavy (non-hydrogen) atoms. The van der Waals surface area contributed by atoms with E-state index in [0.29, 0.717) is 11.2 Å². The van der Waals surface area contributed by atoms with E-state index >= 15 is 0 Å². The number of carbonyl (C=O) groups excluding carboxylic acids is 1. The lowest BCUT2D eigenvalue weighted by Crippen LogP contribution is -2.55. The smallest absolute Gasteiger partial charge is 0.326 e. The van der Waals surface area contributed by atoms with Gasteiger partial charge in [0.1, 0.15) is 5.54 Å². The minimum absolute atomic E-state index is 0.0574. The van der Waals surface area contributed by atoms with Gasteiger partial charge in [0.15, 0.2) is 0 Å². The molecule has 1 saturated carbocycles. The molecule has 0 heterocycles. The first-order valence-electron chi connectivity index (χ1n) is 7.51. The Balaban J connectivity index is 2.67. The van der Waals surface area contributed by atoms with Gasteiger partial charge >= 0.3 is 5.97 Å². The molecule has 1 aliphatic carbocycles. The van der Waals surface area contributed by atoms with Crippen molar-refractivity contribution in [2.75, 3.05) is 19.4 Å². The SMILES string of the molecule is CCCNC1(C(=O)OC)CCCC1CCSC(C)C. The second-order valence-corrected chi connectivity index (χ2v) is 7.37. The molecule has 0 aromatic carbocycles. The van der Waals surface area contributed by atoms with Gasteiger partial charge < -0.3 is 10.1 Å². The number of nitrogens with one attached hydrogen (secondary N) is 1. The standard InChI is InChI=1S/C15H29NO2S/c1-5-10-16-15(14(17)18-4)9-6-7-13(15)8-11-19-12(2)3/h12-13,16H,5-11H2,1-4H3. The molecule has 0 aromatic heterocycles. The normalized spacial score (nSPS) is 26.9. The van der Waals surface area contributed by atoms with Crippen LogP contribution in [0.4, 0.5) is 0 Å². The van der Waals surface area contributed by atoms with Crippen molar-refractivity contribution in [2.24, 2.45) is 5.92 Å². The molecule has 1 N–H and O–H groups in total. The summed E-state index contributed by atoms with van der Waals surface area (Å²) in [6.45, 7) is 7.48. The summed E-state index contributed by atoms with van der Waals surface area (Å²) in [5.74, 6) is 1.50. The van der Waals surface area contributed by atoms with E-state index in [0.717, 1.165) is 44.4 Å². The lowest BCUT2D eigenvalue weighted by Gasteiger charge is -2.34. The monoisotopic (exact) mass is 287 g/mol. The van der Waals surface area contributed by atoms with Crippen LogP contribution < -0.4 is 5.32 Å². The Morgan fingerprint density at radius 1 is 1.53 bits per heavy atom. The zero-order chi connectivity index (χ0) is 14.3. The summed E-state index contributed by atoms with van der Waals surface area (Å²) in [6.07, 6.45) is 5.35. The minimum atomic E-state index is -0.414. The fourth-order valence-corrected chi connectivity index (χ4v) is 3.91. The highest BCUT2D eigenvalue weighted by Crippen LogP contribution is 2.39. The number of ether oxygens (including phenoxy) is 1. The molecule has 2 unspecified atom stereocenters. The molecule has 0 bridgehead atoms. The van der Waals surface area contributed by atoms with E-state index in [1.807, 2.05) is 11.8 Å². The number of rotatable bonds is 8. The molecule has 0 aromatic rings. The van der Waals surface area contributed by atoms with Gasteiger partial charge in [-0.3, -0.25) is 4.79 Å². The van der Waals surface area contributed by atoms with Crippen LogP contribution in [0.5, 0.6) is 0 Å². The van der Waals surface area contributed by atoms with Gasteiger partial charge in [-0.25, -0.2) is 0 Å².